The van der Waals surface area contributed by atoms with E-state index >= 15 is 0 Å². The van der Waals surface area contributed by atoms with E-state index in [-0.39, 0.29) is 11.9 Å². The highest BCUT2D eigenvalue weighted by molar-refractivity contribution is 5.92. The topological polar surface area (TPSA) is 126 Å². The summed E-state index contributed by atoms with van der Waals surface area (Å²) in [6.07, 6.45) is 0. The first-order chi connectivity index (χ1) is 17.6. The van der Waals surface area contributed by atoms with Crippen LogP contribution in [0.1, 0.15) is 6.92 Å². The molecule has 2 aliphatic rings. The number of carbonyl (C=O) groups excluding carboxylic acids is 1. The van der Waals surface area contributed by atoms with Crippen molar-refractivity contribution in [2.45, 2.75) is 6.92 Å². The summed E-state index contributed by atoms with van der Waals surface area (Å²) < 4.78 is 10.8. The molecule has 2 aromatic heterocycles. The van der Waals surface area contributed by atoms with E-state index in [9.17, 15) is 4.79 Å². The number of nitrogens with one attached hydrogen (secondary N) is 4. The van der Waals surface area contributed by atoms with Crippen molar-refractivity contribution in [3.05, 3.63) is 30.3 Å². The van der Waals surface area contributed by atoms with E-state index < -0.39 is 0 Å². The van der Waals surface area contributed by atoms with Gasteiger partial charge in [-0.3, -0.25) is 10.1 Å². The molecule has 0 atom stereocenters. The maximum atomic E-state index is 11.5. The van der Waals surface area contributed by atoms with Gasteiger partial charge in [0.2, 0.25) is 11.9 Å². The van der Waals surface area contributed by atoms with Gasteiger partial charge in [-0.25, -0.2) is 9.97 Å². The van der Waals surface area contributed by atoms with Crippen LogP contribution >= 0.6 is 0 Å². The molecule has 36 heavy (non-hydrogen) atoms. The molecule has 0 unspecified atom stereocenters. The van der Waals surface area contributed by atoms with E-state index in [1.165, 1.54) is 6.92 Å². The molecule has 5 rings (SSSR count). The average molecular weight is 495 g/mol. The molecule has 4 N–H and O–H groups in total. The number of hydrogen-bond acceptors (Lipinski definition) is 10. The molecule has 2 aliphatic heterocycles. The van der Waals surface area contributed by atoms with E-state index in [1.54, 1.807) is 14.2 Å². The summed E-state index contributed by atoms with van der Waals surface area (Å²) in [6, 6.07) is 9.48. The fraction of sp³-hybridized carbons (Fsp3) is 0.440. The zero-order valence-corrected chi connectivity index (χ0v) is 21.1. The van der Waals surface area contributed by atoms with Crippen LogP contribution in [0.4, 0.5) is 11.8 Å². The van der Waals surface area contributed by atoms with Crippen molar-refractivity contribution in [1.82, 2.24) is 30.9 Å². The summed E-state index contributed by atoms with van der Waals surface area (Å²) in [5, 5.41) is 12.5. The van der Waals surface area contributed by atoms with Crippen LogP contribution in [-0.4, -0.2) is 87.4 Å². The maximum absolute atomic E-state index is 11.5. The first-order valence-electron chi connectivity index (χ1n) is 12.1. The van der Waals surface area contributed by atoms with Crippen molar-refractivity contribution < 1.29 is 14.3 Å². The lowest BCUT2D eigenvalue weighted by Crippen LogP contribution is -2.44. The van der Waals surface area contributed by atoms with Crippen LogP contribution in [0.5, 0.6) is 11.5 Å². The Morgan fingerprint density at radius 2 is 1.53 bits per heavy atom. The summed E-state index contributed by atoms with van der Waals surface area (Å²) in [7, 11) is 3.21. The van der Waals surface area contributed by atoms with Crippen LogP contribution in [-0.2, 0) is 4.79 Å². The van der Waals surface area contributed by atoms with E-state index in [1.807, 2.05) is 30.3 Å². The molecule has 0 aliphatic carbocycles. The van der Waals surface area contributed by atoms with Crippen molar-refractivity contribution in [1.29, 1.82) is 0 Å². The second-order valence-electron chi connectivity index (χ2n) is 8.42. The number of benzene rings is 1. The summed E-state index contributed by atoms with van der Waals surface area (Å²) in [5.74, 6) is 2.08. The third-order valence-electron chi connectivity index (χ3n) is 5.86. The summed E-state index contributed by atoms with van der Waals surface area (Å²) in [6.45, 7) is 9.31. The van der Waals surface area contributed by atoms with Gasteiger partial charge < -0.3 is 30.3 Å². The zero-order valence-electron chi connectivity index (χ0n) is 21.1. The summed E-state index contributed by atoms with van der Waals surface area (Å²) >= 11 is 0. The third kappa shape index (κ3) is 6.36. The lowest BCUT2D eigenvalue weighted by Gasteiger charge is -2.29. The maximum Gasteiger partial charge on any atom is 0.232 e. The second kappa shape index (κ2) is 12.4. The number of piperazine rings is 2. The number of rotatable bonds is 5. The molecule has 3 aromatic rings. The normalized spacial score (nSPS) is 15.6. The number of carbonyl (C=O) groups is 1. The number of ether oxygens (including phenoxy) is 2. The Morgan fingerprint density at radius 3 is 2.14 bits per heavy atom. The van der Waals surface area contributed by atoms with Gasteiger partial charge in [-0.1, -0.05) is 0 Å². The number of fused-ring (bicyclic) bond motifs is 1. The van der Waals surface area contributed by atoms with Gasteiger partial charge in [-0.2, -0.15) is 4.98 Å². The Labute approximate surface area is 211 Å². The third-order valence-corrected chi connectivity index (χ3v) is 5.86. The lowest BCUT2D eigenvalue weighted by atomic mass is 10.1. The molecule has 0 radical (unpaired) electrons. The fourth-order valence-electron chi connectivity index (χ4n) is 4.07. The van der Waals surface area contributed by atoms with E-state index in [0.29, 0.717) is 28.4 Å². The number of pyridine rings is 1. The molecule has 2 saturated heterocycles. The van der Waals surface area contributed by atoms with Gasteiger partial charge in [0, 0.05) is 64.8 Å². The van der Waals surface area contributed by atoms with Gasteiger partial charge in [-0.15, -0.1) is 0 Å². The molecule has 1 amide bonds. The van der Waals surface area contributed by atoms with E-state index in [2.05, 4.69) is 36.1 Å². The zero-order chi connectivity index (χ0) is 25.3. The molecule has 1 aromatic carbocycles. The predicted octanol–water partition coefficient (Wildman–Crippen LogP) is 1.26. The van der Waals surface area contributed by atoms with Crippen molar-refractivity contribution in [2.24, 2.45) is 0 Å². The molecule has 0 saturated carbocycles. The fourth-order valence-corrected chi connectivity index (χ4v) is 4.07. The Balaban J connectivity index is 0.000000445. The molecular formula is C25H34N8O3. The first kappa shape index (κ1) is 25.5. The van der Waals surface area contributed by atoms with Gasteiger partial charge in [0.1, 0.15) is 5.52 Å². The molecule has 4 heterocycles. The molecule has 0 spiro atoms. The van der Waals surface area contributed by atoms with Crippen LogP contribution in [0.15, 0.2) is 30.3 Å². The number of anilines is 2. The van der Waals surface area contributed by atoms with Crippen LogP contribution in [0.3, 0.4) is 0 Å². The predicted molar refractivity (Wildman–Crippen MR) is 141 cm³/mol. The van der Waals surface area contributed by atoms with Crippen molar-refractivity contribution in [2.75, 3.05) is 76.8 Å². The monoisotopic (exact) mass is 494 g/mol. The highest BCUT2D eigenvalue weighted by atomic mass is 16.5. The van der Waals surface area contributed by atoms with Crippen LogP contribution in [0.2, 0.25) is 0 Å². The van der Waals surface area contributed by atoms with E-state index in [4.69, 9.17) is 14.5 Å². The van der Waals surface area contributed by atoms with Crippen molar-refractivity contribution in [3.8, 4) is 22.8 Å². The number of hydrogen-bond donors (Lipinski definition) is 4. The second-order valence-corrected chi connectivity index (χ2v) is 8.42. The van der Waals surface area contributed by atoms with Gasteiger partial charge in [0.15, 0.2) is 17.3 Å². The minimum absolute atomic E-state index is 0.212. The van der Waals surface area contributed by atoms with E-state index in [0.717, 1.165) is 63.6 Å². The Morgan fingerprint density at radius 1 is 0.861 bits per heavy atom. The largest absolute Gasteiger partial charge is 0.493 e. The van der Waals surface area contributed by atoms with Crippen molar-refractivity contribution >= 4 is 28.7 Å². The highest BCUT2D eigenvalue weighted by Gasteiger charge is 2.19. The van der Waals surface area contributed by atoms with Crippen molar-refractivity contribution in [3.63, 3.8) is 0 Å². The first-order valence-corrected chi connectivity index (χ1v) is 12.1. The Bertz CT molecular complexity index is 1170. The molecular weight excluding hydrogens is 460 g/mol. The number of amides is 1. The summed E-state index contributed by atoms with van der Waals surface area (Å²) in [5.41, 5.74) is 3.03. The smallest absolute Gasteiger partial charge is 0.232 e. The highest BCUT2D eigenvalue weighted by Crippen LogP contribution is 2.33. The Kier molecular flexibility index (Phi) is 8.82. The quantitative estimate of drug-likeness (QED) is 0.412. The Hall–Kier alpha value is -3.54. The summed E-state index contributed by atoms with van der Waals surface area (Å²) in [4.78, 5) is 27.7. The molecule has 0 bridgehead atoms. The molecule has 2 fully saturated rings. The molecule has 192 valence electrons. The lowest BCUT2D eigenvalue weighted by molar-refractivity contribution is -0.114. The number of methoxy groups -OCH3 is 2. The van der Waals surface area contributed by atoms with Gasteiger partial charge >= 0.3 is 0 Å². The number of nitrogens with zero attached hydrogens (tertiary/aromatic N) is 4. The van der Waals surface area contributed by atoms with Gasteiger partial charge in [0.25, 0.3) is 0 Å². The molecule has 11 heteroatoms. The van der Waals surface area contributed by atoms with Crippen LogP contribution in [0, 0.1) is 0 Å². The van der Waals surface area contributed by atoms with Crippen LogP contribution < -0.4 is 35.6 Å². The van der Waals surface area contributed by atoms with Gasteiger partial charge in [0.05, 0.1) is 25.4 Å². The minimum atomic E-state index is -0.212. The molecule has 11 nitrogen and oxygen atoms in total. The minimum Gasteiger partial charge on any atom is -0.493 e. The number of aromatic nitrogens is 3. The average Bonchev–Trinajstić information content (AvgIpc) is 2.93. The van der Waals surface area contributed by atoms with Gasteiger partial charge in [-0.05, 0) is 30.3 Å². The van der Waals surface area contributed by atoms with Crippen LogP contribution in [0.25, 0.3) is 22.3 Å². The standard InChI is InChI=1S/C21H24N6O3.C4H10N2/c1-13(28)23-21-25-16-6-5-15(14-4-7-17(29-2)18(12-14)30-3)24-19(16)20(26-21)27-10-8-22-9-11-27;1-2-6-4-3-5-1/h4-7,12,22H,8-11H2,1-3H3,(H,23,25,26,28);5-6H,1-4H2. The SMILES string of the molecule is C1CNCCN1.COc1ccc(-c2ccc3nc(NC(C)=O)nc(N4CCNCC4)c3n2)cc1OC.